The maximum atomic E-state index is 12.4. The number of alkyl halides is 1. The highest BCUT2D eigenvalue weighted by Gasteiger charge is 2.42. The molecule has 0 saturated heterocycles. The molecule has 0 fully saturated rings. The van der Waals surface area contributed by atoms with Crippen LogP contribution in [0.3, 0.4) is 0 Å². The largest absolute Gasteiger partial charge is 0.478 e. The highest BCUT2D eigenvalue weighted by atomic mass is 79.9. The van der Waals surface area contributed by atoms with Crippen LogP contribution < -0.4 is 10.6 Å². The SMILES string of the molecule is COC(=O)c1ccc(C)c(Cl)c1C.COC(=O)c1ccc(C)c(Cl)c1CBr.Cc1cc([N+](=O)[O-])c2c(c1Cl)CN(C(=O)OC(C)(C)C)C2=O.Cc1cc([N+](=O)[O-])c2c(c1Cl)CNC2=O.Cc1ccc(C(=O)O)c(C)c1.Cc1ccc(C(=O)O)c(C)c1Cl.Cc1ccc2c(c1Cl)CNC2=O. The molecule has 526 valence electrons. The number of carboxylic acid groups (broad SMARTS) is 2. The summed E-state index contributed by atoms with van der Waals surface area (Å²) >= 11 is 39.3. The topological polar surface area (TPSA) is 318 Å². The molecule has 4 N–H and O–H groups in total. The molecule has 0 bridgehead atoms. The van der Waals surface area contributed by atoms with Crippen LogP contribution in [0.25, 0.3) is 0 Å². The van der Waals surface area contributed by atoms with E-state index >= 15 is 0 Å². The number of carbonyl (C=O) groups excluding carboxylic acids is 6. The number of rotatable bonds is 7. The predicted molar refractivity (Wildman–Crippen MR) is 384 cm³/mol. The molecule has 3 aliphatic heterocycles. The number of benzene rings is 7. The summed E-state index contributed by atoms with van der Waals surface area (Å²) in [6.45, 7) is 23.8. The number of nitrogens with one attached hydrogen (secondary N) is 2. The summed E-state index contributed by atoms with van der Waals surface area (Å²) in [6.07, 6.45) is -0.850. The van der Waals surface area contributed by atoms with E-state index in [9.17, 15) is 58.6 Å². The summed E-state index contributed by atoms with van der Waals surface area (Å²) in [5, 5.41) is 48.2. The number of nitro groups is 2. The Morgan fingerprint density at radius 3 is 1.42 bits per heavy atom. The van der Waals surface area contributed by atoms with Crippen molar-refractivity contribution >= 4 is 145 Å². The van der Waals surface area contributed by atoms with Gasteiger partial charge in [0.2, 0.25) is 0 Å². The highest BCUT2D eigenvalue weighted by Crippen LogP contribution is 2.39. The monoisotopic (exact) mass is 1540 g/mol. The first kappa shape index (κ1) is 82.7. The van der Waals surface area contributed by atoms with Crippen LogP contribution in [0, 0.1) is 89.5 Å². The number of halogens is 7. The van der Waals surface area contributed by atoms with Gasteiger partial charge in [-0.05, 0) is 176 Å². The lowest BCUT2D eigenvalue weighted by molar-refractivity contribution is -0.385. The lowest BCUT2D eigenvalue weighted by Crippen LogP contribution is -2.37. The number of amides is 4. The molecule has 7 aromatic rings. The van der Waals surface area contributed by atoms with Crippen molar-refractivity contribution in [3.05, 3.63) is 246 Å². The number of aryl methyl sites for hydroxylation is 8. The van der Waals surface area contributed by atoms with E-state index < -0.39 is 45.3 Å². The van der Waals surface area contributed by atoms with E-state index in [-0.39, 0.29) is 69.6 Å². The minimum atomic E-state index is -0.936. The second-order valence-electron chi connectivity index (χ2n) is 23.2. The highest BCUT2D eigenvalue weighted by molar-refractivity contribution is 9.08. The predicted octanol–water partition coefficient (Wildman–Crippen LogP) is 17.9. The van der Waals surface area contributed by atoms with E-state index in [1.807, 2.05) is 65.8 Å². The lowest BCUT2D eigenvalue weighted by Gasteiger charge is -2.23. The minimum absolute atomic E-state index is 0.0214. The van der Waals surface area contributed by atoms with Gasteiger partial charge in [0, 0.05) is 82.9 Å². The number of hydrogen-bond donors (Lipinski definition) is 4. The van der Waals surface area contributed by atoms with Crippen LogP contribution in [0.15, 0.2) is 78.9 Å². The Kier molecular flexibility index (Phi) is 30.0. The maximum absolute atomic E-state index is 12.4. The van der Waals surface area contributed by atoms with Crippen LogP contribution in [-0.2, 0) is 39.2 Å². The second-order valence-corrected chi connectivity index (χ2v) is 26.1. The third-order valence-corrected chi connectivity index (χ3v) is 18.8. The molecule has 0 unspecified atom stereocenters. The first-order chi connectivity index (χ1) is 46.1. The van der Waals surface area contributed by atoms with E-state index in [1.54, 1.807) is 90.9 Å². The number of esters is 2. The molecule has 0 aliphatic carbocycles. The van der Waals surface area contributed by atoms with Gasteiger partial charge in [-0.1, -0.05) is 127 Å². The fourth-order valence-electron chi connectivity index (χ4n) is 9.68. The molecule has 4 amide bonds. The average molecular weight is 1550 g/mol. The molecule has 0 spiro atoms. The Balaban J connectivity index is 0.000000248. The van der Waals surface area contributed by atoms with Crippen molar-refractivity contribution in [2.45, 2.75) is 121 Å². The van der Waals surface area contributed by atoms with Crippen molar-refractivity contribution < 1.29 is 72.6 Å². The average Bonchev–Trinajstić information content (AvgIpc) is 1.63. The van der Waals surface area contributed by atoms with E-state index in [1.165, 1.54) is 26.4 Å². The molecule has 0 saturated carbocycles. The zero-order valence-corrected chi connectivity index (χ0v) is 62.5. The van der Waals surface area contributed by atoms with Gasteiger partial charge in [-0.15, -0.1) is 0 Å². The summed E-state index contributed by atoms with van der Waals surface area (Å²) < 4.78 is 14.4. The Bertz CT molecular complexity index is 4400. The number of imide groups is 1. The lowest BCUT2D eigenvalue weighted by atomic mass is 10.0. The molecule has 22 nitrogen and oxygen atoms in total. The van der Waals surface area contributed by atoms with Crippen LogP contribution in [0.2, 0.25) is 30.1 Å². The van der Waals surface area contributed by atoms with Crippen molar-refractivity contribution in [2.24, 2.45) is 0 Å². The third kappa shape index (κ3) is 20.7. The zero-order chi connectivity index (χ0) is 75.2. The number of carboxylic acids is 2. The van der Waals surface area contributed by atoms with Crippen molar-refractivity contribution in [1.29, 1.82) is 0 Å². The zero-order valence-electron chi connectivity index (χ0n) is 56.3. The molecule has 10 rings (SSSR count). The molecular formula is C70H70BrCl6N5O17. The van der Waals surface area contributed by atoms with Gasteiger partial charge in [0.05, 0.1) is 52.9 Å². The van der Waals surface area contributed by atoms with Gasteiger partial charge in [0.15, 0.2) is 0 Å². The Morgan fingerprint density at radius 2 is 0.939 bits per heavy atom. The molecule has 0 aromatic heterocycles. The van der Waals surface area contributed by atoms with E-state index in [0.717, 1.165) is 55.0 Å². The summed E-state index contributed by atoms with van der Waals surface area (Å²) in [6, 6.07) is 21.9. The van der Waals surface area contributed by atoms with Gasteiger partial charge in [0.25, 0.3) is 29.1 Å². The molecule has 99 heavy (non-hydrogen) atoms. The maximum Gasteiger partial charge on any atom is 0.417 e. The molecule has 7 aromatic carbocycles. The standard InChI is InChI=1S/C14H15ClN2O5.C10H10BrClO2.C10H11ClO2.C9H7ClN2O3.C9H8ClNO.C9H9ClO2.C9H10O2/c1-7-5-9(17(20)21)10-8(11(7)15)6-16(12(10)18)13(19)22-14(2,3)4;1-6-3-4-7(10(13)14-2)8(5-11)9(6)12;1-6-4-5-8(10(12)13-3)7(2)9(6)11;1-4-2-6(12(14)15)7-5(8(4)10)3-11-9(7)13;1-5-2-3-6-7(8(5)10)4-11-9(6)12;1-5-3-4-7(9(11)12)6(2)8(5)10;1-6-3-4-8(9(10)11)7(2)5-6/h5H,6H2,1-4H3;3-4H,5H2,1-2H3;4-5H,1-3H3;2H,3H2,1H3,(H,11,13);2-3H,4H2,1H3,(H,11,12);3-4H,1-2H3,(H,11,12);3-5H,1-2H3,(H,10,11). The number of methoxy groups -OCH3 is 2. The number of aromatic carboxylic acids is 2. The Labute approximate surface area is 609 Å². The van der Waals surface area contributed by atoms with Crippen LogP contribution in [0.4, 0.5) is 16.2 Å². The van der Waals surface area contributed by atoms with Crippen LogP contribution >= 0.6 is 85.5 Å². The number of carbonyl (C=O) groups is 8. The van der Waals surface area contributed by atoms with Crippen LogP contribution in [-0.4, -0.2) is 92.5 Å². The molecule has 0 radical (unpaired) electrons. The number of fused-ring (bicyclic) bond motifs is 3. The van der Waals surface area contributed by atoms with Gasteiger partial charge in [-0.25, -0.2) is 28.9 Å². The molecule has 29 heteroatoms. The van der Waals surface area contributed by atoms with Crippen molar-refractivity contribution in [3.63, 3.8) is 0 Å². The number of nitrogens with zero attached hydrogens (tertiary/aromatic N) is 3. The van der Waals surface area contributed by atoms with E-state index in [0.29, 0.717) is 81.5 Å². The third-order valence-electron chi connectivity index (χ3n) is 15.0. The van der Waals surface area contributed by atoms with Crippen LogP contribution in [0.5, 0.6) is 0 Å². The first-order valence-corrected chi connectivity index (χ1v) is 32.9. The summed E-state index contributed by atoms with van der Waals surface area (Å²) in [5.41, 5.74) is 11.8. The van der Waals surface area contributed by atoms with Crippen molar-refractivity contribution in [3.8, 4) is 0 Å². The fourth-order valence-corrected chi connectivity index (χ4v) is 11.6. The minimum Gasteiger partial charge on any atom is -0.478 e. The number of nitro benzene ring substituents is 2. The quantitative estimate of drug-likeness (QED) is 0.0379. The van der Waals surface area contributed by atoms with Gasteiger partial charge in [-0.3, -0.25) is 34.6 Å². The smallest absolute Gasteiger partial charge is 0.417 e. The molecule has 3 aliphatic rings. The number of hydrogen-bond acceptors (Lipinski definition) is 15. The van der Waals surface area contributed by atoms with Gasteiger partial charge < -0.3 is 35.1 Å². The van der Waals surface area contributed by atoms with Crippen molar-refractivity contribution in [1.82, 2.24) is 15.5 Å². The Hall–Kier alpha value is -8.68. The Morgan fingerprint density at radius 1 is 0.525 bits per heavy atom. The summed E-state index contributed by atoms with van der Waals surface area (Å²) in [4.78, 5) is 112. The molecular weight excluding hydrogens is 1480 g/mol. The van der Waals surface area contributed by atoms with E-state index in [4.69, 9.17) is 84.6 Å². The summed E-state index contributed by atoms with van der Waals surface area (Å²) in [7, 11) is 2.71. The van der Waals surface area contributed by atoms with Gasteiger partial charge in [-0.2, -0.15) is 0 Å². The normalized spacial score (nSPS) is 11.9. The molecule has 3 heterocycles. The fraction of sp³-hybridized carbons (Fsp3) is 0.286. The van der Waals surface area contributed by atoms with Crippen LogP contribution in [0.1, 0.15) is 171 Å². The number of ether oxygens (including phenoxy) is 3. The molecule has 0 atom stereocenters. The second kappa shape index (κ2) is 35.9. The van der Waals surface area contributed by atoms with E-state index in [2.05, 4.69) is 36.0 Å². The van der Waals surface area contributed by atoms with Gasteiger partial charge >= 0.3 is 30.0 Å². The van der Waals surface area contributed by atoms with Crippen molar-refractivity contribution in [2.75, 3.05) is 14.2 Å². The van der Waals surface area contributed by atoms with Gasteiger partial charge in [0.1, 0.15) is 16.7 Å². The summed E-state index contributed by atoms with van der Waals surface area (Å²) in [5.74, 6) is -3.72. The first-order valence-electron chi connectivity index (χ1n) is 29.5.